The van der Waals surface area contributed by atoms with E-state index in [-0.39, 0.29) is 24.4 Å². The predicted molar refractivity (Wildman–Crippen MR) is 103 cm³/mol. The minimum atomic E-state index is -0.711. The molecule has 0 unspecified atom stereocenters. The van der Waals surface area contributed by atoms with Gasteiger partial charge >= 0.3 is 6.03 Å². The van der Waals surface area contributed by atoms with Crippen LogP contribution in [-0.4, -0.2) is 41.3 Å². The van der Waals surface area contributed by atoms with E-state index in [2.05, 4.69) is 9.95 Å². The summed E-state index contributed by atoms with van der Waals surface area (Å²) in [5.74, 6) is -1.68. The van der Waals surface area contributed by atoms with Crippen LogP contribution in [0.4, 0.5) is 23.7 Å². The summed E-state index contributed by atoms with van der Waals surface area (Å²) in [5.41, 5.74) is 0.207. The van der Waals surface area contributed by atoms with Crippen LogP contribution in [0, 0.1) is 24.0 Å². The smallest absolute Gasteiger partial charge is 0.341 e. The molecule has 0 radical (unpaired) electrons. The molecule has 6 nitrogen and oxygen atoms in total. The van der Waals surface area contributed by atoms with Gasteiger partial charge in [-0.3, -0.25) is 0 Å². The molecule has 1 fully saturated rings. The average molecular weight is 414 g/mol. The summed E-state index contributed by atoms with van der Waals surface area (Å²) in [6.07, 6.45) is 2.12. The van der Waals surface area contributed by atoms with Crippen LogP contribution in [0.3, 0.4) is 0 Å². The van der Waals surface area contributed by atoms with Gasteiger partial charge in [-0.25, -0.2) is 27.8 Å². The molecule has 0 N–H and O–H groups in total. The first-order valence-corrected chi connectivity index (χ1v) is 9.35. The average Bonchev–Trinajstić information content (AvgIpc) is 3.38. The molecule has 0 saturated carbocycles. The number of urea groups is 1. The lowest BCUT2D eigenvalue weighted by Crippen LogP contribution is -2.40. The molecular weight excluding hydrogens is 397 g/mol. The van der Waals surface area contributed by atoms with E-state index in [0.29, 0.717) is 30.7 Å². The molecule has 30 heavy (non-hydrogen) atoms. The highest BCUT2D eigenvalue weighted by Gasteiger charge is 2.36. The maximum absolute atomic E-state index is 13.6. The second kappa shape index (κ2) is 8.06. The van der Waals surface area contributed by atoms with Gasteiger partial charge in [0.1, 0.15) is 29.3 Å². The van der Waals surface area contributed by atoms with Crippen molar-refractivity contribution in [1.82, 2.24) is 9.91 Å². The quantitative estimate of drug-likeness (QED) is 0.686. The summed E-state index contributed by atoms with van der Waals surface area (Å²) in [4.78, 5) is 17.6. The van der Waals surface area contributed by atoms with Crippen molar-refractivity contribution in [3.63, 3.8) is 0 Å². The first-order chi connectivity index (χ1) is 14.4. The third-order valence-electron chi connectivity index (χ3n) is 5.05. The molecule has 9 heteroatoms. The Balaban J connectivity index is 1.43. The number of hydrazone groups is 1. The molecule has 0 bridgehead atoms. The van der Waals surface area contributed by atoms with E-state index in [1.807, 2.05) is 0 Å². The van der Waals surface area contributed by atoms with Gasteiger partial charge in [-0.05, 0) is 35.9 Å². The number of carbonyl (C=O) groups is 1. The topological polar surface area (TPSA) is 49.5 Å². The predicted octanol–water partition coefficient (Wildman–Crippen LogP) is 4.66. The summed E-state index contributed by atoms with van der Waals surface area (Å²) in [5, 5.41) is 5.32. The Morgan fingerprint density at radius 1 is 1.17 bits per heavy atom. The standard InChI is InChI=1S/C21H17F3N4O2/c1-25-19-11-16(2-3-18(19)24)30-17-5-7-27(12-17)21(29)28-20(4-6-26-28)13-8-14(22)10-15(23)9-13/h2-3,6,8-11,17,20H,4-5,7,12H2/t17-,20+/m1/s1. The monoisotopic (exact) mass is 414 g/mol. The summed E-state index contributed by atoms with van der Waals surface area (Å²) in [7, 11) is 0. The van der Waals surface area contributed by atoms with Crippen molar-refractivity contribution in [2.24, 2.45) is 5.10 Å². The maximum Gasteiger partial charge on any atom is 0.341 e. The Bertz CT molecular complexity index is 1030. The second-order valence-electron chi connectivity index (χ2n) is 7.08. The van der Waals surface area contributed by atoms with Crippen LogP contribution in [0.15, 0.2) is 41.5 Å². The number of amides is 2. The number of carbonyl (C=O) groups excluding carboxylic acids is 1. The van der Waals surface area contributed by atoms with Crippen molar-refractivity contribution in [2.75, 3.05) is 13.1 Å². The SMILES string of the molecule is [C-]#[N+]c1cc(O[C@@H]2CCN(C(=O)N3N=CC[C@H]3c3cc(F)cc(F)c3)C2)ccc1F. The largest absolute Gasteiger partial charge is 0.490 e. The first kappa shape index (κ1) is 19.8. The molecule has 2 aliphatic rings. The molecule has 2 aliphatic heterocycles. The highest BCUT2D eigenvalue weighted by molar-refractivity contribution is 5.78. The lowest BCUT2D eigenvalue weighted by Gasteiger charge is -2.27. The van der Waals surface area contributed by atoms with E-state index in [1.165, 1.54) is 35.3 Å². The number of ether oxygens (including phenoxy) is 1. The molecule has 0 spiro atoms. The van der Waals surface area contributed by atoms with Gasteiger partial charge in [-0.1, -0.05) is 0 Å². The fourth-order valence-electron chi connectivity index (χ4n) is 3.63. The summed E-state index contributed by atoms with van der Waals surface area (Å²) < 4.78 is 46.5. The normalized spacial score (nSPS) is 20.5. The molecule has 0 aromatic heterocycles. The van der Waals surface area contributed by atoms with Crippen molar-refractivity contribution in [3.8, 4) is 5.75 Å². The van der Waals surface area contributed by atoms with Crippen LogP contribution in [0.2, 0.25) is 0 Å². The number of halogens is 3. The third-order valence-corrected chi connectivity index (χ3v) is 5.05. The van der Waals surface area contributed by atoms with E-state index < -0.39 is 23.5 Å². The van der Waals surface area contributed by atoms with Gasteiger partial charge in [0.2, 0.25) is 5.69 Å². The minimum Gasteiger partial charge on any atom is -0.490 e. The fraction of sp³-hybridized carbons (Fsp3) is 0.286. The number of nitrogens with zero attached hydrogens (tertiary/aromatic N) is 4. The van der Waals surface area contributed by atoms with Crippen molar-refractivity contribution in [3.05, 3.63) is 70.8 Å². The van der Waals surface area contributed by atoms with Gasteiger partial charge in [-0.15, -0.1) is 0 Å². The molecule has 2 amide bonds. The van der Waals surface area contributed by atoms with Gasteiger partial charge in [0.15, 0.2) is 0 Å². The number of hydrogen-bond donors (Lipinski definition) is 0. The molecule has 154 valence electrons. The summed E-state index contributed by atoms with van der Waals surface area (Å²) in [6, 6.07) is 6.14. The molecule has 2 heterocycles. The fourth-order valence-corrected chi connectivity index (χ4v) is 3.63. The van der Waals surface area contributed by atoms with Gasteiger partial charge in [0, 0.05) is 31.7 Å². The lowest BCUT2D eigenvalue weighted by atomic mass is 10.0. The number of benzene rings is 2. The zero-order chi connectivity index (χ0) is 21.3. The van der Waals surface area contributed by atoms with Crippen molar-refractivity contribution >= 4 is 17.9 Å². The molecule has 1 saturated heterocycles. The van der Waals surface area contributed by atoms with Gasteiger partial charge in [0.25, 0.3) is 0 Å². The van der Waals surface area contributed by atoms with Crippen LogP contribution in [0.25, 0.3) is 4.85 Å². The van der Waals surface area contributed by atoms with E-state index >= 15 is 0 Å². The summed E-state index contributed by atoms with van der Waals surface area (Å²) >= 11 is 0. The van der Waals surface area contributed by atoms with Crippen molar-refractivity contribution < 1.29 is 22.7 Å². The van der Waals surface area contributed by atoms with Gasteiger partial charge in [0.05, 0.1) is 19.2 Å². The maximum atomic E-state index is 13.6. The molecular formula is C21H17F3N4O2. The highest BCUT2D eigenvalue weighted by Crippen LogP contribution is 2.32. The minimum absolute atomic E-state index is 0.130. The number of rotatable bonds is 3. The molecule has 2 atom stereocenters. The van der Waals surface area contributed by atoms with E-state index in [4.69, 9.17) is 11.3 Å². The Kier molecular flexibility index (Phi) is 5.31. The first-order valence-electron chi connectivity index (χ1n) is 9.35. The Hall–Kier alpha value is -3.54. The molecule has 2 aromatic rings. The van der Waals surface area contributed by atoms with Crippen molar-refractivity contribution in [1.29, 1.82) is 0 Å². The Morgan fingerprint density at radius 3 is 2.67 bits per heavy atom. The van der Waals surface area contributed by atoms with Crippen LogP contribution < -0.4 is 4.74 Å². The van der Waals surface area contributed by atoms with Crippen molar-refractivity contribution in [2.45, 2.75) is 25.0 Å². The Morgan fingerprint density at radius 2 is 1.93 bits per heavy atom. The highest BCUT2D eigenvalue weighted by atomic mass is 19.1. The molecule has 2 aromatic carbocycles. The summed E-state index contributed by atoms with van der Waals surface area (Å²) in [6.45, 7) is 7.67. The van der Waals surface area contributed by atoms with E-state index in [1.54, 1.807) is 11.1 Å². The van der Waals surface area contributed by atoms with E-state index in [0.717, 1.165) is 6.07 Å². The zero-order valence-corrected chi connectivity index (χ0v) is 15.8. The Labute approximate surface area is 171 Å². The lowest BCUT2D eigenvalue weighted by molar-refractivity contribution is 0.142. The van der Waals surface area contributed by atoms with Crippen LogP contribution in [0.1, 0.15) is 24.4 Å². The van der Waals surface area contributed by atoms with Crippen LogP contribution >= 0.6 is 0 Å². The zero-order valence-electron chi connectivity index (χ0n) is 15.8. The number of likely N-dealkylation sites (tertiary alicyclic amines) is 1. The van der Waals surface area contributed by atoms with Gasteiger partial charge < -0.3 is 9.64 Å². The number of hydrogen-bond acceptors (Lipinski definition) is 3. The van der Waals surface area contributed by atoms with Crippen LogP contribution in [0.5, 0.6) is 5.75 Å². The van der Waals surface area contributed by atoms with Crippen LogP contribution in [-0.2, 0) is 0 Å². The third kappa shape index (κ3) is 3.94. The molecule has 4 rings (SSSR count). The van der Waals surface area contributed by atoms with E-state index in [9.17, 15) is 18.0 Å². The molecule has 0 aliphatic carbocycles. The second-order valence-corrected chi connectivity index (χ2v) is 7.08. The van der Waals surface area contributed by atoms with Gasteiger partial charge in [-0.2, -0.15) is 5.10 Å².